The van der Waals surface area contributed by atoms with Crippen molar-refractivity contribution in [2.45, 2.75) is 13.2 Å². The zero-order chi connectivity index (χ0) is 15.9. The Morgan fingerprint density at radius 1 is 1.32 bits per heavy atom. The Hall–Kier alpha value is -2.63. The fraction of sp³-hybridized carbons (Fsp3) is 0.188. The highest BCUT2D eigenvalue weighted by Crippen LogP contribution is 2.16. The van der Waals surface area contributed by atoms with E-state index in [9.17, 15) is 13.6 Å². The molecular formula is C16H15F2NO3. The monoisotopic (exact) mass is 307 g/mol. The molecule has 0 atom stereocenters. The quantitative estimate of drug-likeness (QED) is 0.766. The number of benzene rings is 1. The number of hydrogen-bond donors (Lipinski definition) is 0. The lowest BCUT2D eigenvalue weighted by Crippen LogP contribution is -2.24. The van der Waals surface area contributed by atoms with Crippen LogP contribution < -0.4 is 4.74 Å². The second-order valence-corrected chi connectivity index (χ2v) is 4.57. The molecule has 1 heterocycles. The van der Waals surface area contributed by atoms with Crippen molar-refractivity contribution in [1.29, 1.82) is 0 Å². The largest absolute Gasteiger partial charge is 0.465 e. The van der Waals surface area contributed by atoms with Crippen molar-refractivity contribution in [2.75, 3.05) is 7.05 Å². The number of alkyl halides is 2. The highest BCUT2D eigenvalue weighted by Gasteiger charge is 2.07. The van der Waals surface area contributed by atoms with Crippen molar-refractivity contribution in [3.63, 3.8) is 0 Å². The molecule has 0 radical (unpaired) electrons. The van der Waals surface area contributed by atoms with Gasteiger partial charge in [0.25, 0.3) is 0 Å². The predicted molar refractivity (Wildman–Crippen MR) is 77.3 cm³/mol. The van der Waals surface area contributed by atoms with Gasteiger partial charge in [-0.3, -0.25) is 4.79 Å². The molecule has 1 amide bonds. The minimum Gasteiger partial charge on any atom is -0.465 e. The maximum Gasteiger partial charge on any atom is 0.387 e. The normalized spacial score (nSPS) is 11.1. The molecule has 4 nitrogen and oxygen atoms in total. The molecule has 0 aliphatic rings. The molecule has 2 aromatic rings. The molecule has 116 valence electrons. The average molecular weight is 307 g/mol. The van der Waals surface area contributed by atoms with Crippen LogP contribution in [0.25, 0.3) is 6.08 Å². The molecule has 0 unspecified atom stereocenters. The van der Waals surface area contributed by atoms with Crippen LogP contribution in [0.1, 0.15) is 11.3 Å². The molecule has 0 spiro atoms. The summed E-state index contributed by atoms with van der Waals surface area (Å²) < 4.78 is 33.5. The van der Waals surface area contributed by atoms with Crippen LogP contribution >= 0.6 is 0 Å². The Balaban J connectivity index is 1.90. The highest BCUT2D eigenvalue weighted by atomic mass is 19.3. The number of halogens is 2. The maximum absolute atomic E-state index is 12.0. The lowest BCUT2D eigenvalue weighted by Gasteiger charge is -2.15. The van der Waals surface area contributed by atoms with Crippen LogP contribution in [0.4, 0.5) is 8.78 Å². The summed E-state index contributed by atoms with van der Waals surface area (Å²) in [5, 5.41) is 0. The number of nitrogens with zero attached hydrogens (tertiary/aromatic N) is 1. The Kier molecular flexibility index (Phi) is 5.30. The Morgan fingerprint density at radius 2 is 2.05 bits per heavy atom. The molecule has 2 rings (SSSR count). The van der Waals surface area contributed by atoms with Gasteiger partial charge >= 0.3 is 6.61 Å². The van der Waals surface area contributed by atoms with Crippen LogP contribution in [-0.4, -0.2) is 24.5 Å². The van der Waals surface area contributed by atoms with Crippen LogP contribution in [0, 0.1) is 0 Å². The van der Waals surface area contributed by atoms with Crippen LogP contribution in [0.2, 0.25) is 0 Å². The number of rotatable bonds is 6. The number of carbonyl (C=O) groups is 1. The first-order valence-corrected chi connectivity index (χ1v) is 6.55. The average Bonchev–Trinajstić information content (AvgIpc) is 2.99. The summed E-state index contributed by atoms with van der Waals surface area (Å²) in [7, 11) is 1.65. The molecule has 0 bridgehead atoms. The Morgan fingerprint density at radius 3 is 2.64 bits per heavy atom. The summed E-state index contributed by atoms with van der Waals surface area (Å²) >= 11 is 0. The van der Waals surface area contributed by atoms with E-state index < -0.39 is 6.61 Å². The molecule has 6 heteroatoms. The predicted octanol–water partition coefficient (Wildman–Crippen LogP) is 3.55. The third-order valence-electron chi connectivity index (χ3n) is 2.88. The molecule has 0 saturated heterocycles. The van der Waals surface area contributed by atoms with Gasteiger partial charge in [0.1, 0.15) is 11.5 Å². The maximum atomic E-state index is 12.0. The van der Waals surface area contributed by atoms with Crippen LogP contribution in [-0.2, 0) is 11.3 Å². The molecular weight excluding hydrogens is 292 g/mol. The molecule has 22 heavy (non-hydrogen) atoms. The molecule has 0 saturated carbocycles. The van der Waals surface area contributed by atoms with Crippen LogP contribution in [0.15, 0.2) is 53.2 Å². The van der Waals surface area contributed by atoms with E-state index in [1.165, 1.54) is 29.4 Å². The van der Waals surface area contributed by atoms with Gasteiger partial charge in [0.15, 0.2) is 0 Å². The zero-order valence-corrected chi connectivity index (χ0v) is 11.9. The topological polar surface area (TPSA) is 42.7 Å². The fourth-order valence-electron chi connectivity index (χ4n) is 1.79. The Labute approximate surface area is 126 Å². The smallest absolute Gasteiger partial charge is 0.387 e. The molecule has 1 aromatic carbocycles. The minimum atomic E-state index is -2.85. The van der Waals surface area contributed by atoms with Gasteiger partial charge in [-0.15, -0.1) is 0 Å². The van der Waals surface area contributed by atoms with Crippen molar-refractivity contribution in [3.8, 4) is 5.75 Å². The first-order valence-electron chi connectivity index (χ1n) is 6.55. The van der Waals surface area contributed by atoms with E-state index in [1.54, 1.807) is 37.4 Å². The van der Waals surface area contributed by atoms with E-state index in [2.05, 4.69) is 4.74 Å². The van der Waals surface area contributed by atoms with E-state index in [4.69, 9.17) is 4.42 Å². The van der Waals surface area contributed by atoms with E-state index >= 15 is 0 Å². The number of furan rings is 1. The number of ether oxygens (including phenoxy) is 1. The van der Waals surface area contributed by atoms with Gasteiger partial charge in [0.2, 0.25) is 5.91 Å². The minimum absolute atomic E-state index is 0.0884. The molecule has 0 fully saturated rings. The van der Waals surface area contributed by atoms with E-state index in [0.717, 1.165) is 5.56 Å². The second kappa shape index (κ2) is 7.40. The first kappa shape index (κ1) is 15.8. The third kappa shape index (κ3) is 4.73. The fourth-order valence-corrected chi connectivity index (χ4v) is 1.79. The van der Waals surface area contributed by atoms with Crippen molar-refractivity contribution < 1.29 is 22.7 Å². The van der Waals surface area contributed by atoms with Crippen molar-refractivity contribution in [1.82, 2.24) is 4.90 Å². The van der Waals surface area contributed by atoms with Gasteiger partial charge in [-0.1, -0.05) is 12.1 Å². The lowest BCUT2D eigenvalue weighted by atomic mass is 10.2. The SMILES string of the molecule is CN(Cc1ccc(OC(F)F)cc1)C(=O)/C=C/c1ccco1. The summed E-state index contributed by atoms with van der Waals surface area (Å²) in [5.41, 5.74) is 0.809. The second-order valence-electron chi connectivity index (χ2n) is 4.57. The molecule has 1 aromatic heterocycles. The zero-order valence-electron chi connectivity index (χ0n) is 11.9. The van der Waals surface area contributed by atoms with Crippen LogP contribution in [0.3, 0.4) is 0 Å². The molecule has 0 aliphatic carbocycles. The van der Waals surface area contributed by atoms with Gasteiger partial charge < -0.3 is 14.1 Å². The van der Waals surface area contributed by atoms with Crippen molar-refractivity contribution >= 4 is 12.0 Å². The first-order chi connectivity index (χ1) is 10.5. The molecule has 0 N–H and O–H groups in total. The third-order valence-corrected chi connectivity index (χ3v) is 2.88. The number of carbonyl (C=O) groups excluding carboxylic acids is 1. The Bertz CT molecular complexity index is 621. The van der Waals surface area contributed by atoms with Gasteiger partial charge in [0, 0.05) is 19.7 Å². The van der Waals surface area contributed by atoms with E-state index in [1.807, 2.05) is 0 Å². The summed E-state index contributed by atoms with van der Waals surface area (Å²) in [6.45, 7) is -2.49. The number of amides is 1. The summed E-state index contributed by atoms with van der Waals surface area (Å²) in [6, 6.07) is 9.63. The van der Waals surface area contributed by atoms with Gasteiger partial charge in [-0.05, 0) is 35.9 Å². The lowest BCUT2D eigenvalue weighted by molar-refractivity contribution is -0.125. The van der Waals surface area contributed by atoms with E-state index in [0.29, 0.717) is 12.3 Å². The summed E-state index contributed by atoms with van der Waals surface area (Å²) in [5.74, 6) is 0.491. The van der Waals surface area contributed by atoms with Gasteiger partial charge in [0.05, 0.1) is 6.26 Å². The molecule has 0 aliphatic heterocycles. The van der Waals surface area contributed by atoms with Crippen LogP contribution in [0.5, 0.6) is 5.75 Å². The standard InChI is InChI=1S/C16H15F2NO3/c1-19(15(20)9-8-13-3-2-10-21-13)11-12-4-6-14(7-5-12)22-16(17)18/h2-10,16H,11H2,1H3/b9-8+. The van der Waals surface area contributed by atoms with Gasteiger partial charge in [-0.25, -0.2) is 0 Å². The summed E-state index contributed by atoms with van der Waals surface area (Å²) in [4.78, 5) is 13.4. The number of likely N-dealkylation sites (N-methyl/N-ethyl adjacent to an activating group) is 1. The van der Waals surface area contributed by atoms with Gasteiger partial charge in [-0.2, -0.15) is 8.78 Å². The number of hydrogen-bond acceptors (Lipinski definition) is 3. The van der Waals surface area contributed by atoms with E-state index in [-0.39, 0.29) is 11.7 Å². The highest BCUT2D eigenvalue weighted by molar-refractivity contribution is 5.91. The summed E-state index contributed by atoms with van der Waals surface area (Å²) in [6.07, 6.45) is 4.52. The van der Waals surface area contributed by atoms with Crippen molar-refractivity contribution in [2.24, 2.45) is 0 Å². The van der Waals surface area contributed by atoms with Crippen molar-refractivity contribution in [3.05, 3.63) is 60.1 Å².